The Morgan fingerprint density at radius 1 is 0.821 bits per heavy atom. The van der Waals surface area contributed by atoms with Gasteiger partial charge in [0.05, 0.1) is 6.54 Å². The fraction of sp³-hybridized carbons (Fsp3) is 0.167. The van der Waals surface area contributed by atoms with E-state index < -0.39 is 5.54 Å². The van der Waals surface area contributed by atoms with Crippen LogP contribution in [0.25, 0.3) is 11.1 Å². The molecule has 5 rings (SSSR count). The molecule has 138 valence electrons. The molecule has 2 aliphatic rings. The maximum atomic E-state index is 13.2. The Kier molecular flexibility index (Phi) is 3.79. The molecule has 1 spiro atoms. The molecule has 4 nitrogen and oxygen atoms in total. The molecule has 0 radical (unpaired) electrons. The van der Waals surface area contributed by atoms with Gasteiger partial charge in [-0.25, -0.2) is 4.79 Å². The molecule has 0 aromatic heterocycles. The maximum absolute atomic E-state index is 13.2. The minimum atomic E-state index is -0.891. The number of urea groups is 1. The average Bonchev–Trinajstić information content (AvgIpc) is 3.23. The van der Waals surface area contributed by atoms with Crippen LogP contribution in [-0.2, 0) is 23.3 Å². The highest BCUT2D eigenvalue weighted by molar-refractivity contribution is 6.08. The van der Waals surface area contributed by atoms with E-state index in [2.05, 4.69) is 17.4 Å². The first kappa shape index (κ1) is 16.8. The van der Waals surface area contributed by atoms with Crippen LogP contribution >= 0.6 is 0 Å². The molecule has 1 fully saturated rings. The van der Waals surface area contributed by atoms with Gasteiger partial charge in [-0.2, -0.15) is 0 Å². The topological polar surface area (TPSA) is 49.4 Å². The average molecular weight is 368 g/mol. The number of benzene rings is 3. The number of aryl methyl sites for hydroxylation is 1. The molecule has 1 N–H and O–H groups in total. The molecular formula is C24H20N2O2. The van der Waals surface area contributed by atoms with Crippen LogP contribution in [0.2, 0.25) is 0 Å². The molecule has 1 saturated heterocycles. The van der Waals surface area contributed by atoms with Crippen molar-refractivity contribution in [3.05, 3.63) is 95.6 Å². The molecule has 0 bridgehead atoms. The number of carbonyl (C=O) groups excluding carboxylic acids is 2. The van der Waals surface area contributed by atoms with Gasteiger partial charge in [0.15, 0.2) is 0 Å². The van der Waals surface area contributed by atoms with E-state index in [1.54, 1.807) is 0 Å². The smallest absolute Gasteiger partial charge is 0.319 e. The van der Waals surface area contributed by atoms with E-state index in [1.807, 2.05) is 66.7 Å². The lowest BCUT2D eigenvalue weighted by Crippen LogP contribution is -2.41. The highest BCUT2D eigenvalue weighted by Gasteiger charge is 2.55. The van der Waals surface area contributed by atoms with Gasteiger partial charge in [-0.05, 0) is 40.7 Å². The van der Waals surface area contributed by atoms with Crippen molar-refractivity contribution in [2.45, 2.75) is 24.9 Å². The minimum Gasteiger partial charge on any atom is -0.319 e. The molecule has 1 heterocycles. The Morgan fingerprint density at radius 2 is 1.50 bits per heavy atom. The summed E-state index contributed by atoms with van der Waals surface area (Å²) in [6, 6.07) is 25.8. The van der Waals surface area contributed by atoms with Gasteiger partial charge < -0.3 is 5.32 Å². The van der Waals surface area contributed by atoms with E-state index in [0.717, 1.165) is 34.2 Å². The summed E-state index contributed by atoms with van der Waals surface area (Å²) in [4.78, 5) is 27.2. The molecular weight excluding hydrogens is 348 g/mol. The molecule has 3 aromatic carbocycles. The third-order valence-electron chi connectivity index (χ3n) is 5.82. The number of rotatable bonds is 3. The Morgan fingerprint density at radius 3 is 2.29 bits per heavy atom. The Balaban J connectivity index is 1.39. The monoisotopic (exact) mass is 368 g/mol. The Bertz CT molecular complexity index is 1060. The zero-order valence-corrected chi connectivity index (χ0v) is 15.4. The standard InChI is InChI=1S/C24H20N2O2/c27-22-24(15-14-20-8-4-5-9-21(20)24)25-23(28)26(22)16-17-10-12-19(13-11-17)18-6-2-1-3-7-18/h1-13H,14-16H2,(H,25,28). The predicted octanol–water partition coefficient (Wildman–Crippen LogP) is 4.25. The van der Waals surface area contributed by atoms with E-state index >= 15 is 0 Å². The third kappa shape index (κ3) is 2.53. The highest BCUT2D eigenvalue weighted by Crippen LogP contribution is 2.41. The second-order valence-corrected chi connectivity index (χ2v) is 7.45. The quantitative estimate of drug-likeness (QED) is 0.703. The van der Waals surface area contributed by atoms with Crippen LogP contribution in [-0.4, -0.2) is 16.8 Å². The van der Waals surface area contributed by atoms with Gasteiger partial charge in [0, 0.05) is 0 Å². The second kappa shape index (κ2) is 6.34. The van der Waals surface area contributed by atoms with E-state index in [1.165, 1.54) is 4.90 Å². The molecule has 4 heteroatoms. The van der Waals surface area contributed by atoms with Crippen LogP contribution in [0.1, 0.15) is 23.1 Å². The summed E-state index contributed by atoms with van der Waals surface area (Å²) in [7, 11) is 0. The molecule has 3 amide bonds. The summed E-state index contributed by atoms with van der Waals surface area (Å²) in [5.41, 5.74) is 4.39. The normalized spacial score (nSPS) is 20.5. The molecule has 1 unspecified atom stereocenters. The summed E-state index contributed by atoms with van der Waals surface area (Å²) in [5.74, 6) is -0.144. The maximum Gasteiger partial charge on any atom is 0.325 e. The summed E-state index contributed by atoms with van der Waals surface area (Å²) in [6.45, 7) is 0.281. The first-order valence-electron chi connectivity index (χ1n) is 9.54. The minimum absolute atomic E-state index is 0.144. The van der Waals surface area contributed by atoms with Crippen molar-refractivity contribution in [3.63, 3.8) is 0 Å². The van der Waals surface area contributed by atoms with E-state index in [4.69, 9.17) is 0 Å². The molecule has 0 saturated carbocycles. The van der Waals surface area contributed by atoms with E-state index in [9.17, 15) is 9.59 Å². The fourth-order valence-corrected chi connectivity index (χ4v) is 4.35. The van der Waals surface area contributed by atoms with Crippen molar-refractivity contribution >= 4 is 11.9 Å². The van der Waals surface area contributed by atoms with Crippen LogP contribution in [0.5, 0.6) is 0 Å². The summed E-state index contributed by atoms with van der Waals surface area (Å²) < 4.78 is 0. The molecule has 3 aromatic rings. The van der Waals surface area contributed by atoms with Gasteiger partial charge in [0.1, 0.15) is 5.54 Å². The number of hydrogen-bond donors (Lipinski definition) is 1. The number of nitrogens with zero attached hydrogens (tertiary/aromatic N) is 1. The third-order valence-corrected chi connectivity index (χ3v) is 5.82. The highest BCUT2D eigenvalue weighted by atomic mass is 16.2. The number of fused-ring (bicyclic) bond motifs is 2. The van der Waals surface area contributed by atoms with E-state index in [0.29, 0.717) is 6.42 Å². The molecule has 1 aliphatic heterocycles. The summed E-state index contributed by atoms with van der Waals surface area (Å²) >= 11 is 0. The second-order valence-electron chi connectivity index (χ2n) is 7.45. The lowest BCUT2D eigenvalue weighted by atomic mass is 9.92. The van der Waals surface area contributed by atoms with Crippen LogP contribution in [0.4, 0.5) is 4.79 Å². The number of nitrogens with one attached hydrogen (secondary N) is 1. The molecule has 28 heavy (non-hydrogen) atoms. The fourth-order valence-electron chi connectivity index (χ4n) is 4.35. The predicted molar refractivity (Wildman–Crippen MR) is 107 cm³/mol. The zero-order valence-electron chi connectivity index (χ0n) is 15.4. The van der Waals surface area contributed by atoms with Crippen molar-refractivity contribution in [2.24, 2.45) is 0 Å². The van der Waals surface area contributed by atoms with Gasteiger partial charge >= 0.3 is 6.03 Å². The van der Waals surface area contributed by atoms with Crippen molar-refractivity contribution in [2.75, 3.05) is 0 Å². The van der Waals surface area contributed by atoms with Gasteiger partial charge in [0.25, 0.3) is 5.91 Å². The van der Waals surface area contributed by atoms with Crippen LogP contribution < -0.4 is 5.32 Å². The first-order valence-corrected chi connectivity index (χ1v) is 9.54. The van der Waals surface area contributed by atoms with Crippen molar-refractivity contribution < 1.29 is 9.59 Å². The van der Waals surface area contributed by atoms with E-state index in [-0.39, 0.29) is 18.5 Å². The number of imide groups is 1. The summed E-state index contributed by atoms with van der Waals surface area (Å²) in [5, 5.41) is 2.98. The lowest BCUT2D eigenvalue weighted by molar-refractivity contribution is -0.132. The van der Waals surface area contributed by atoms with Crippen LogP contribution in [0.15, 0.2) is 78.9 Å². The molecule has 1 aliphatic carbocycles. The van der Waals surface area contributed by atoms with Crippen molar-refractivity contribution in [3.8, 4) is 11.1 Å². The number of carbonyl (C=O) groups is 2. The van der Waals surface area contributed by atoms with Crippen molar-refractivity contribution in [1.82, 2.24) is 10.2 Å². The van der Waals surface area contributed by atoms with Gasteiger partial charge in [-0.1, -0.05) is 78.9 Å². The largest absolute Gasteiger partial charge is 0.325 e. The van der Waals surface area contributed by atoms with Crippen molar-refractivity contribution in [1.29, 1.82) is 0 Å². The van der Waals surface area contributed by atoms with Crippen LogP contribution in [0.3, 0.4) is 0 Å². The lowest BCUT2D eigenvalue weighted by Gasteiger charge is -2.22. The van der Waals surface area contributed by atoms with Crippen LogP contribution in [0, 0.1) is 0 Å². The Labute approximate surface area is 163 Å². The Hall–Kier alpha value is -3.40. The number of hydrogen-bond acceptors (Lipinski definition) is 2. The number of amides is 3. The van der Waals surface area contributed by atoms with Gasteiger partial charge in [-0.15, -0.1) is 0 Å². The zero-order chi connectivity index (χ0) is 19.1. The SMILES string of the molecule is O=C1NC2(CCc3ccccc32)C(=O)N1Cc1ccc(-c2ccccc2)cc1. The van der Waals surface area contributed by atoms with Gasteiger partial charge in [-0.3, -0.25) is 9.69 Å². The molecule has 1 atom stereocenters. The van der Waals surface area contributed by atoms with Gasteiger partial charge in [0.2, 0.25) is 0 Å². The first-order chi connectivity index (χ1) is 13.7. The summed E-state index contributed by atoms with van der Waals surface area (Å²) in [6.07, 6.45) is 1.43.